The first kappa shape index (κ1) is 21.9. The van der Waals surface area contributed by atoms with Gasteiger partial charge < -0.3 is 14.6 Å². The van der Waals surface area contributed by atoms with Gasteiger partial charge in [0.2, 0.25) is 0 Å². The van der Waals surface area contributed by atoms with Gasteiger partial charge in [-0.15, -0.1) is 0 Å². The largest absolute Gasteiger partial charge is 0.493 e. The molecule has 3 aromatic carbocycles. The molecule has 1 heterocycles. The van der Waals surface area contributed by atoms with Gasteiger partial charge in [0.25, 0.3) is 5.91 Å². The lowest BCUT2D eigenvalue weighted by Crippen LogP contribution is -2.25. The van der Waals surface area contributed by atoms with Crippen LogP contribution in [-0.4, -0.2) is 22.1 Å². The highest BCUT2D eigenvalue weighted by Gasteiger charge is 2.13. The van der Waals surface area contributed by atoms with Gasteiger partial charge in [-0.05, 0) is 61.7 Å². The standard InChI is InChI=1S/C26H26ClN3O2/c1-18-8-5-9-19(2)25(18)32-15-7-14-30-23-13-4-3-12-22(23)29-24(30)17-28-26(31)20-10-6-11-21(27)16-20/h3-6,8-13,16H,7,14-15,17H2,1-2H3,(H,28,31). The molecule has 1 amide bonds. The van der Waals surface area contributed by atoms with Crippen molar-refractivity contribution in [1.82, 2.24) is 14.9 Å². The fraction of sp³-hybridized carbons (Fsp3) is 0.231. The molecular weight excluding hydrogens is 422 g/mol. The third-order valence-corrected chi connectivity index (χ3v) is 5.64. The quantitative estimate of drug-likeness (QED) is 0.352. The summed E-state index contributed by atoms with van der Waals surface area (Å²) in [4.78, 5) is 17.3. The van der Waals surface area contributed by atoms with Gasteiger partial charge in [-0.1, -0.05) is 48.0 Å². The summed E-state index contributed by atoms with van der Waals surface area (Å²) in [5.41, 5.74) is 4.77. The van der Waals surface area contributed by atoms with Crippen molar-refractivity contribution in [2.45, 2.75) is 33.4 Å². The van der Waals surface area contributed by atoms with Gasteiger partial charge >= 0.3 is 0 Å². The molecule has 0 radical (unpaired) electrons. The highest BCUT2D eigenvalue weighted by molar-refractivity contribution is 6.30. The summed E-state index contributed by atoms with van der Waals surface area (Å²) < 4.78 is 8.22. The molecule has 0 saturated heterocycles. The van der Waals surface area contributed by atoms with Crippen molar-refractivity contribution in [2.24, 2.45) is 0 Å². The predicted molar refractivity (Wildman–Crippen MR) is 128 cm³/mol. The molecule has 1 N–H and O–H groups in total. The Labute approximate surface area is 193 Å². The van der Waals surface area contributed by atoms with E-state index in [-0.39, 0.29) is 5.91 Å². The number of aromatic nitrogens is 2. The van der Waals surface area contributed by atoms with Crippen LogP contribution in [0.4, 0.5) is 0 Å². The molecule has 4 aromatic rings. The molecule has 0 bridgehead atoms. The van der Waals surface area contributed by atoms with Crippen LogP contribution >= 0.6 is 11.6 Å². The molecule has 164 valence electrons. The molecule has 0 saturated carbocycles. The van der Waals surface area contributed by atoms with E-state index in [2.05, 4.69) is 41.9 Å². The number of carbonyl (C=O) groups is 1. The van der Waals surface area contributed by atoms with E-state index in [4.69, 9.17) is 21.3 Å². The van der Waals surface area contributed by atoms with Crippen LogP contribution in [0.15, 0.2) is 66.7 Å². The van der Waals surface area contributed by atoms with Crippen molar-refractivity contribution in [3.63, 3.8) is 0 Å². The third-order valence-electron chi connectivity index (χ3n) is 5.41. The minimum absolute atomic E-state index is 0.176. The summed E-state index contributed by atoms with van der Waals surface area (Å²) in [6.07, 6.45) is 0.823. The van der Waals surface area contributed by atoms with Crippen LogP contribution in [0.5, 0.6) is 5.75 Å². The number of hydrogen-bond donors (Lipinski definition) is 1. The lowest BCUT2D eigenvalue weighted by atomic mass is 10.1. The topological polar surface area (TPSA) is 56.1 Å². The maximum atomic E-state index is 12.6. The van der Waals surface area contributed by atoms with Crippen LogP contribution in [0.1, 0.15) is 33.7 Å². The first-order chi connectivity index (χ1) is 15.5. The molecule has 4 rings (SSSR count). The van der Waals surface area contributed by atoms with Gasteiger partial charge in [-0.3, -0.25) is 4.79 Å². The Bertz CT molecular complexity index is 1230. The van der Waals surface area contributed by atoms with Gasteiger partial charge in [0.05, 0.1) is 24.2 Å². The Kier molecular flexibility index (Phi) is 6.76. The molecule has 0 fully saturated rings. The Hall–Kier alpha value is -3.31. The number of nitrogens with one attached hydrogen (secondary N) is 1. The smallest absolute Gasteiger partial charge is 0.251 e. The molecule has 5 nitrogen and oxygen atoms in total. The van der Waals surface area contributed by atoms with E-state index < -0.39 is 0 Å². The van der Waals surface area contributed by atoms with Crippen molar-refractivity contribution in [1.29, 1.82) is 0 Å². The number of halogens is 1. The number of rotatable bonds is 8. The first-order valence-corrected chi connectivity index (χ1v) is 11.1. The molecule has 0 aliphatic heterocycles. The summed E-state index contributed by atoms with van der Waals surface area (Å²) in [6.45, 7) is 5.80. The highest BCUT2D eigenvalue weighted by atomic mass is 35.5. The highest BCUT2D eigenvalue weighted by Crippen LogP contribution is 2.23. The third kappa shape index (κ3) is 4.94. The summed E-state index contributed by atoms with van der Waals surface area (Å²) in [7, 11) is 0. The fourth-order valence-electron chi connectivity index (χ4n) is 3.82. The zero-order valence-electron chi connectivity index (χ0n) is 18.3. The van der Waals surface area contributed by atoms with E-state index in [1.807, 2.05) is 24.3 Å². The lowest BCUT2D eigenvalue weighted by molar-refractivity contribution is 0.0949. The van der Waals surface area contributed by atoms with E-state index >= 15 is 0 Å². The van der Waals surface area contributed by atoms with Crippen LogP contribution < -0.4 is 10.1 Å². The number of nitrogens with zero attached hydrogens (tertiary/aromatic N) is 2. The van der Waals surface area contributed by atoms with Gasteiger partial charge in [0.15, 0.2) is 0 Å². The van der Waals surface area contributed by atoms with Gasteiger partial charge in [0.1, 0.15) is 11.6 Å². The number of para-hydroxylation sites is 3. The Morgan fingerprint density at radius 3 is 2.56 bits per heavy atom. The number of aryl methyl sites for hydroxylation is 3. The number of carbonyl (C=O) groups excluding carboxylic acids is 1. The first-order valence-electron chi connectivity index (χ1n) is 10.7. The zero-order valence-corrected chi connectivity index (χ0v) is 19.0. The van der Waals surface area contributed by atoms with Gasteiger partial charge in [-0.25, -0.2) is 4.98 Å². The molecule has 6 heteroatoms. The van der Waals surface area contributed by atoms with E-state index in [1.54, 1.807) is 24.3 Å². The monoisotopic (exact) mass is 447 g/mol. The fourth-order valence-corrected chi connectivity index (χ4v) is 4.01. The number of hydrogen-bond acceptors (Lipinski definition) is 3. The molecule has 0 unspecified atom stereocenters. The molecule has 0 aliphatic carbocycles. The van der Waals surface area contributed by atoms with E-state index in [0.29, 0.717) is 23.7 Å². The van der Waals surface area contributed by atoms with Crippen molar-refractivity contribution < 1.29 is 9.53 Å². The van der Waals surface area contributed by atoms with Crippen molar-refractivity contribution >= 4 is 28.5 Å². The van der Waals surface area contributed by atoms with Crippen LogP contribution in [-0.2, 0) is 13.1 Å². The number of fused-ring (bicyclic) bond motifs is 1. The SMILES string of the molecule is Cc1cccc(C)c1OCCCn1c(CNC(=O)c2cccc(Cl)c2)nc2ccccc21. The van der Waals surface area contributed by atoms with Crippen LogP contribution in [0.3, 0.4) is 0 Å². The van der Waals surface area contributed by atoms with Crippen molar-refractivity contribution in [3.05, 3.63) is 94.3 Å². The summed E-state index contributed by atoms with van der Waals surface area (Å²) in [5, 5.41) is 3.50. The summed E-state index contributed by atoms with van der Waals surface area (Å²) in [5.74, 6) is 1.59. The van der Waals surface area contributed by atoms with Crippen LogP contribution in [0.2, 0.25) is 5.02 Å². The zero-order chi connectivity index (χ0) is 22.5. The molecule has 0 spiro atoms. The van der Waals surface area contributed by atoms with E-state index in [0.717, 1.165) is 46.7 Å². The minimum atomic E-state index is -0.176. The van der Waals surface area contributed by atoms with E-state index in [9.17, 15) is 4.79 Å². The average Bonchev–Trinajstić information content (AvgIpc) is 3.14. The maximum absolute atomic E-state index is 12.6. The van der Waals surface area contributed by atoms with Crippen LogP contribution in [0, 0.1) is 13.8 Å². The molecule has 1 aromatic heterocycles. The van der Waals surface area contributed by atoms with Gasteiger partial charge in [-0.2, -0.15) is 0 Å². The number of ether oxygens (including phenoxy) is 1. The molecular formula is C26H26ClN3O2. The minimum Gasteiger partial charge on any atom is -0.493 e. The second-order valence-electron chi connectivity index (χ2n) is 7.78. The predicted octanol–water partition coefficient (Wildman–Crippen LogP) is 5.71. The average molecular weight is 448 g/mol. The lowest BCUT2D eigenvalue weighted by Gasteiger charge is -2.13. The normalized spacial score (nSPS) is 11.0. The molecule has 32 heavy (non-hydrogen) atoms. The van der Waals surface area contributed by atoms with Crippen molar-refractivity contribution in [2.75, 3.05) is 6.61 Å². The second kappa shape index (κ2) is 9.88. The second-order valence-corrected chi connectivity index (χ2v) is 8.22. The van der Waals surface area contributed by atoms with Crippen molar-refractivity contribution in [3.8, 4) is 5.75 Å². The number of imidazole rings is 1. The summed E-state index contributed by atoms with van der Waals surface area (Å²) in [6, 6.07) is 21.1. The molecule has 0 aliphatic rings. The maximum Gasteiger partial charge on any atom is 0.251 e. The van der Waals surface area contributed by atoms with E-state index in [1.165, 1.54) is 0 Å². The Morgan fingerprint density at radius 2 is 1.78 bits per heavy atom. The number of benzene rings is 3. The summed E-state index contributed by atoms with van der Waals surface area (Å²) >= 11 is 6.01. The number of amides is 1. The molecule has 0 atom stereocenters. The van der Waals surface area contributed by atoms with Crippen LogP contribution in [0.25, 0.3) is 11.0 Å². The Balaban J connectivity index is 1.45. The Morgan fingerprint density at radius 1 is 1.03 bits per heavy atom. The van der Waals surface area contributed by atoms with Gasteiger partial charge in [0, 0.05) is 17.1 Å².